The van der Waals surface area contributed by atoms with Crippen molar-refractivity contribution in [3.8, 4) is 5.75 Å². The monoisotopic (exact) mass is 254 g/mol. The van der Waals surface area contributed by atoms with Gasteiger partial charge in [-0.3, -0.25) is 10.1 Å². The first-order valence-electron chi connectivity index (χ1n) is 5.60. The summed E-state index contributed by atoms with van der Waals surface area (Å²) in [6.45, 7) is 6.68. The van der Waals surface area contributed by atoms with Crippen LogP contribution in [0.15, 0.2) is 18.2 Å². The van der Waals surface area contributed by atoms with Crippen LogP contribution in [0.4, 0.5) is 11.4 Å². The van der Waals surface area contributed by atoms with Crippen molar-refractivity contribution in [1.29, 1.82) is 0 Å². The lowest BCUT2D eigenvalue weighted by atomic mass is 10.2. The Labute approximate surface area is 106 Å². The van der Waals surface area contributed by atoms with Crippen LogP contribution < -0.4 is 10.5 Å². The Bertz CT molecular complexity index is 427. The molecular weight excluding hydrogens is 236 g/mol. The molecule has 0 bridgehead atoms. The lowest BCUT2D eigenvalue weighted by Gasteiger charge is -2.19. The van der Waals surface area contributed by atoms with Crippen molar-refractivity contribution >= 4 is 11.4 Å². The standard InChI is InChI=1S/C12H18N2O4/c1-12(2,3)18-7-6-17-9-4-5-11(14(15)16)10(13)8-9/h4-5,8H,6-7,13H2,1-3H3. The van der Waals surface area contributed by atoms with E-state index in [9.17, 15) is 10.1 Å². The number of hydrogen-bond acceptors (Lipinski definition) is 5. The van der Waals surface area contributed by atoms with E-state index in [0.717, 1.165) is 0 Å². The van der Waals surface area contributed by atoms with Crippen LogP contribution in [0.2, 0.25) is 0 Å². The van der Waals surface area contributed by atoms with Gasteiger partial charge in [0.2, 0.25) is 0 Å². The Balaban J connectivity index is 2.49. The number of nitrogens with zero attached hydrogens (tertiary/aromatic N) is 1. The van der Waals surface area contributed by atoms with E-state index in [1.54, 1.807) is 0 Å². The number of rotatable bonds is 5. The third-order valence-electron chi connectivity index (χ3n) is 2.08. The fraction of sp³-hybridized carbons (Fsp3) is 0.500. The van der Waals surface area contributed by atoms with Crippen molar-refractivity contribution in [2.75, 3.05) is 18.9 Å². The minimum absolute atomic E-state index is 0.0919. The van der Waals surface area contributed by atoms with Crippen molar-refractivity contribution in [3.63, 3.8) is 0 Å². The second-order valence-corrected chi connectivity index (χ2v) is 4.79. The zero-order valence-electron chi connectivity index (χ0n) is 10.8. The molecule has 0 aliphatic carbocycles. The van der Waals surface area contributed by atoms with Crippen molar-refractivity contribution < 1.29 is 14.4 Å². The third-order valence-corrected chi connectivity index (χ3v) is 2.08. The summed E-state index contributed by atoms with van der Waals surface area (Å²) in [5.74, 6) is 0.496. The van der Waals surface area contributed by atoms with Crippen LogP contribution in [0.25, 0.3) is 0 Å². The molecule has 100 valence electrons. The molecule has 1 aromatic carbocycles. The fourth-order valence-electron chi connectivity index (χ4n) is 1.30. The molecule has 1 aromatic rings. The average molecular weight is 254 g/mol. The van der Waals surface area contributed by atoms with Crippen LogP contribution in [-0.2, 0) is 4.74 Å². The van der Waals surface area contributed by atoms with Crippen LogP contribution in [0.5, 0.6) is 5.75 Å². The average Bonchev–Trinajstić information content (AvgIpc) is 2.22. The molecule has 18 heavy (non-hydrogen) atoms. The first-order valence-corrected chi connectivity index (χ1v) is 5.60. The van der Waals surface area contributed by atoms with Crippen molar-refractivity contribution in [2.45, 2.75) is 26.4 Å². The summed E-state index contributed by atoms with van der Waals surface area (Å²) < 4.78 is 10.9. The van der Waals surface area contributed by atoms with Crippen LogP contribution in [0, 0.1) is 10.1 Å². The molecule has 0 aliphatic heterocycles. The molecule has 6 heteroatoms. The molecule has 0 unspecified atom stereocenters. The Morgan fingerprint density at radius 1 is 1.33 bits per heavy atom. The quantitative estimate of drug-likeness (QED) is 0.377. The molecule has 0 radical (unpaired) electrons. The Morgan fingerprint density at radius 2 is 2.00 bits per heavy atom. The highest BCUT2D eigenvalue weighted by Gasteiger charge is 2.12. The van der Waals surface area contributed by atoms with Gasteiger partial charge in [0.25, 0.3) is 5.69 Å². The molecule has 0 saturated heterocycles. The van der Waals surface area contributed by atoms with Crippen molar-refractivity contribution in [1.82, 2.24) is 0 Å². The largest absolute Gasteiger partial charge is 0.491 e. The van der Waals surface area contributed by atoms with E-state index in [1.165, 1.54) is 18.2 Å². The second-order valence-electron chi connectivity index (χ2n) is 4.79. The lowest BCUT2D eigenvalue weighted by Crippen LogP contribution is -2.22. The molecule has 0 fully saturated rings. The van der Waals surface area contributed by atoms with E-state index in [0.29, 0.717) is 19.0 Å². The maximum absolute atomic E-state index is 10.6. The van der Waals surface area contributed by atoms with Gasteiger partial charge in [0.1, 0.15) is 18.0 Å². The summed E-state index contributed by atoms with van der Waals surface area (Å²) in [5.41, 5.74) is 5.31. The van der Waals surface area contributed by atoms with Gasteiger partial charge in [-0.15, -0.1) is 0 Å². The van der Waals surface area contributed by atoms with E-state index in [-0.39, 0.29) is 17.0 Å². The molecule has 0 saturated carbocycles. The van der Waals surface area contributed by atoms with Gasteiger partial charge in [0.05, 0.1) is 17.1 Å². The van der Waals surface area contributed by atoms with Crippen LogP contribution in [-0.4, -0.2) is 23.7 Å². The van der Waals surface area contributed by atoms with Gasteiger partial charge in [-0.2, -0.15) is 0 Å². The molecule has 2 N–H and O–H groups in total. The van der Waals surface area contributed by atoms with Crippen molar-refractivity contribution in [3.05, 3.63) is 28.3 Å². The fourth-order valence-corrected chi connectivity index (χ4v) is 1.30. The van der Waals surface area contributed by atoms with Gasteiger partial charge in [-0.1, -0.05) is 0 Å². The Morgan fingerprint density at radius 3 is 2.50 bits per heavy atom. The number of anilines is 1. The summed E-state index contributed by atoms with van der Waals surface area (Å²) >= 11 is 0. The molecule has 0 atom stereocenters. The molecule has 0 aromatic heterocycles. The number of nitrogen functional groups attached to an aromatic ring is 1. The van der Waals surface area contributed by atoms with Gasteiger partial charge >= 0.3 is 0 Å². The molecule has 0 amide bonds. The van der Waals surface area contributed by atoms with E-state index >= 15 is 0 Å². The first-order chi connectivity index (χ1) is 8.29. The van der Waals surface area contributed by atoms with Crippen LogP contribution in [0.1, 0.15) is 20.8 Å². The van der Waals surface area contributed by atoms with E-state index in [2.05, 4.69) is 0 Å². The molecule has 0 spiro atoms. The SMILES string of the molecule is CC(C)(C)OCCOc1ccc([N+](=O)[O-])c(N)c1. The maximum atomic E-state index is 10.6. The van der Waals surface area contributed by atoms with Crippen LogP contribution in [0.3, 0.4) is 0 Å². The number of benzene rings is 1. The first kappa shape index (κ1) is 14.2. The topological polar surface area (TPSA) is 87.6 Å². The minimum Gasteiger partial charge on any atom is -0.491 e. The van der Waals surface area contributed by atoms with Gasteiger partial charge in [0.15, 0.2) is 0 Å². The number of nitro groups is 1. The normalized spacial score (nSPS) is 11.3. The highest BCUT2D eigenvalue weighted by atomic mass is 16.6. The minimum atomic E-state index is -0.526. The zero-order valence-corrected chi connectivity index (χ0v) is 10.8. The van der Waals surface area contributed by atoms with E-state index in [1.807, 2.05) is 20.8 Å². The summed E-state index contributed by atoms with van der Waals surface area (Å²) in [4.78, 5) is 10.0. The van der Waals surface area contributed by atoms with Crippen molar-refractivity contribution in [2.24, 2.45) is 0 Å². The summed E-state index contributed by atoms with van der Waals surface area (Å²) in [5, 5.41) is 10.6. The van der Waals surface area contributed by atoms with Gasteiger partial charge in [-0.05, 0) is 26.8 Å². The summed E-state index contributed by atoms with van der Waals surface area (Å²) in [7, 11) is 0. The van der Waals surface area contributed by atoms with Crippen LogP contribution >= 0.6 is 0 Å². The van der Waals surface area contributed by atoms with E-state index < -0.39 is 4.92 Å². The molecule has 1 rings (SSSR count). The number of nitro benzene ring substituents is 1. The van der Waals surface area contributed by atoms with Gasteiger partial charge in [-0.25, -0.2) is 0 Å². The van der Waals surface area contributed by atoms with Gasteiger partial charge < -0.3 is 15.2 Å². The number of ether oxygens (including phenoxy) is 2. The van der Waals surface area contributed by atoms with Gasteiger partial charge in [0, 0.05) is 12.1 Å². The Hall–Kier alpha value is -1.82. The van der Waals surface area contributed by atoms with E-state index in [4.69, 9.17) is 15.2 Å². The smallest absolute Gasteiger partial charge is 0.292 e. The molecule has 0 heterocycles. The number of hydrogen-bond donors (Lipinski definition) is 1. The summed E-state index contributed by atoms with van der Waals surface area (Å²) in [6.07, 6.45) is 0. The zero-order chi connectivity index (χ0) is 13.8. The molecule has 0 aliphatic rings. The predicted octanol–water partition coefficient (Wildman–Crippen LogP) is 2.37. The summed E-state index contributed by atoms with van der Waals surface area (Å²) in [6, 6.07) is 4.29. The Kier molecular flexibility index (Phi) is 4.49. The molecular formula is C12H18N2O4. The third kappa shape index (κ3) is 4.58. The maximum Gasteiger partial charge on any atom is 0.292 e. The number of nitrogens with two attached hydrogens (primary N) is 1. The molecule has 6 nitrogen and oxygen atoms in total. The second kappa shape index (κ2) is 5.68. The highest BCUT2D eigenvalue weighted by Crippen LogP contribution is 2.25. The predicted molar refractivity (Wildman–Crippen MR) is 68.7 cm³/mol. The lowest BCUT2D eigenvalue weighted by molar-refractivity contribution is -0.383. The highest BCUT2D eigenvalue weighted by molar-refractivity contribution is 5.60.